The lowest BCUT2D eigenvalue weighted by Gasteiger charge is -2.18. The molecule has 0 heterocycles. The first-order valence-corrected chi connectivity index (χ1v) is 33.6. The minimum absolute atomic E-state index is 0.0800. The van der Waals surface area contributed by atoms with Gasteiger partial charge in [0.1, 0.15) is 13.2 Å². The summed E-state index contributed by atoms with van der Waals surface area (Å²) in [5.74, 6) is -0.879. The van der Waals surface area contributed by atoms with Gasteiger partial charge in [0, 0.05) is 19.3 Å². The fourth-order valence-electron chi connectivity index (χ4n) is 9.62. The van der Waals surface area contributed by atoms with E-state index >= 15 is 0 Å². The van der Waals surface area contributed by atoms with Crippen LogP contribution in [0.25, 0.3) is 0 Å². The Labute approximate surface area is 484 Å². The number of hydrogen-bond acceptors (Lipinski definition) is 6. The molecule has 0 radical (unpaired) electrons. The Bertz CT molecular complexity index is 1480. The molecule has 0 aromatic heterocycles. The van der Waals surface area contributed by atoms with Crippen molar-refractivity contribution < 1.29 is 28.6 Å². The van der Waals surface area contributed by atoms with Crippen LogP contribution in [0, 0.1) is 0 Å². The van der Waals surface area contributed by atoms with E-state index in [4.69, 9.17) is 14.2 Å². The number of hydrogen-bond donors (Lipinski definition) is 0. The van der Waals surface area contributed by atoms with E-state index in [1.165, 1.54) is 186 Å². The van der Waals surface area contributed by atoms with Gasteiger partial charge in [0.25, 0.3) is 0 Å². The van der Waals surface area contributed by atoms with E-state index < -0.39 is 6.10 Å². The molecule has 0 aliphatic rings. The molecule has 0 aromatic rings. The maximum absolute atomic E-state index is 12.9. The van der Waals surface area contributed by atoms with Crippen molar-refractivity contribution in [3.8, 4) is 0 Å². The summed E-state index contributed by atoms with van der Waals surface area (Å²) in [6, 6.07) is 0. The van der Waals surface area contributed by atoms with E-state index in [0.29, 0.717) is 19.3 Å². The first-order valence-electron chi connectivity index (χ1n) is 33.6. The third-order valence-electron chi connectivity index (χ3n) is 14.6. The van der Waals surface area contributed by atoms with Gasteiger partial charge >= 0.3 is 17.9 Å². The molecule has 0 aliphatic heterocycles. The molecule has 0 amide bonds. The average molecular weight is 1090 g/mol. The van der Waals surface area contributed by atoms with Crippen molar-refractivity contribution >= 4 is 17.9 Å². The largest absolute Gasteiger partial charge is 0.462 e. The van der Waals surface area contributed by atoms with Gasteiger partial charge in [0.05, 0.1) is 0 Å². The van der Waals surface area contributed by atoms with Gasteiger partial charge in [-0.1, -0.05) is 305 Å². The Kier molecular flexibility index (Phi) is 63.2. The summed E-state index contributed by atoms with van der Waals surface area (Å²) < 4.78 is 17.0. The van der Waals surface area contributed by atoms with Gasteiger partial charge in [-0.25, -0.2) is 0 Å². The molecule has 6 nitrogen and oxygen atoms in total. The number of carbonyl (C=O) groups excluding carboxylic acids is 3. The van der Waals surface area contributed by atoms with Crippen LogP contribution < -0.4 is 0 Å². The third-order valence-corrected chi connectivity index (χ3v) is 14.6. The predicted octanol–water partition coefficient (Wildman–Crippen LogP) is 23.1. The molecule has 0 N–H and O–H groups in total. The van der Waals surface area contributed by atoms with Crippen molar-refractivity contribution in [1.82, 2.24) is 0 Å². The predicted molar refractivity (Wildman–Crippen MR) is 339 cm³/mol. The minimum Gasteiger partial charge on any atom is -0.462 e. The van der Waals surface area contributed by atoms with E-state index in [1.54, 1.807) is 0 Å². The van der Waals surface area contributed by atoms with Crippen molar-refractivity contribution in [1.29, 1.82) is 0 Å². The fraction of sp³-hybridized carbons (Fsp3) is 0.764. The summed E-state index contributed by atoms with van der Waals surface area (Å²) in [6.07, 6.45) is 87.3. The van der Waals surface area contributed by atoms with Gasteiger partial charge in [-0.05, 0) is 96.3 Å². The molecule has 0 bridgehead atoms. The number of ether oxygens (including phenoxy) is 3. The molecule has 78 heavy (non-hydrogen) atoms. The molecule has 0 aliphatic carbocycles. The van der Waals surface area contributed by atoms with Crippen LogP contribution in [0.1, 0.15) is 335 Å². The van der Waals surface area contributed by atoms with Gasteiger partial charge in [0.15, 0.2) is 6.10 Å². The summed E-state index contributed by atoms with van der Waals surface area (Å²) >= 11 is 0. The second-order valence-electron chi connectivity index (χ2n) is 22.4. The van der Waals surface area contributed by atoms with Gasteiger partial charge in [-0.2, -0.15) is 0 Å². The van der Waals surface area contributed by atoms with E-state index in [1.807, 2.05) is 0 Å². The van der Waals surface area contributed by atoms with Crippen LogP contribution in [0.3, 0.4) is 0 Å². The van der Waals surface area contributed by atoms with Crippen LogP contribution in [-0.4, -0.2) is 37.2 Å². The monoisotopic (exact) mass is 1090 g/mol. The van der Waals surface area contributed by atoms with Gasteiger partial charge < -0.3 is 14.2 Å². The van der Waals surface area contributed by atoms with Crippen LogP contribution in [-0.2, 0) is 28.6 Å². The van der Waals surface area contributed by atoms with Gasteiger partial charge in [-0.15, -0.1) is 0 Å². The van der Waals surface area contributed by atoms with Crippen molar-refractivity contribution in [2.24, 2.45) is 0 Å². The Balaban J connectivity index is 4.32. The Morgan fingerprint density at radius 1 is 0.269 bits per heavy atom. The molecule has 0 saturated heterocycles. The lowest BCUT2D eigenvalue weighted by Crippen LogP contribution is -2.30. The van der Waals surface area contributed by atoms with Crippen LogP contribution in [0.2, 0.25) is 0 Å². The number of allylic oxidation sites excluding steroid dienone is 14. The number of carbonyl (C=O) groups is 3. The highest BCUT2D eigenvalue weighted by molar-refractivity contribution is 5.71. The highest BCUT2D eigenvalue weighted by Gasteiger charge is 2.19. The van der Waals surface area contributed by atoms with Crippen LogP contribution in [0.15, 0.2) is 85.1 Å². The third kappa shape index (κ3) is 63.4. The van der Waals surface area contributed by atoms with Gasteiger partial charge in [0.2, 0.25) is 0 Å². The zero-order valence-electron chi connectivity index (χ0n) is 51.7. The second kappa shape index (κ2) is 66.1. The normalized spacial score (nSPS) is 12.6. The molecular weight excluding hydrogens is 961 g/mol. The van der Waals surface area contributed by atoms with Crippen LogP contribution in [0.5, 0.6) is 0 Å². The number of esters is 3. The topological polar surface area (TPSA) is 78.9 Å². The van der Waals surface area contributed by atoms with Gasteiger partial charge in [-0.3, -0.25) is 14.4 Å². The molecule has 0 saturated carbocycles. The molecule has 0 fully saturated rings. The summed E-state index contributed by atoms with van der Waals surface area (Å²) in [7, 11) is 0. The maximum atomic E-state index is 12.9. The van der Waals surface area contributed by atoms with E-state index in [-0.39, 0.29) is 31.1 Å². The maximum Gasteiger partial charge on any atom is 0.306 e. The van der Waals surface area contributed by atoms with Crippen molar-refractivity contribution in [3.63, 3.8) is 0 Å². The molecule has 0 spiro atoms. The lowest BCUT2D eigenvalue weighted by atomic mass is 10.0. The minimum atomic E-state index is -0.783. The zero-order valence-corrected chi connectivity index (χ0v) is 51.7. The smallest absolute Gasteiger partial charge is 0.306 e. The summed E-state index contributed by atoms with van der Waals surface area (Å²) in [6.45, 7) is 6.55. The van der Waals surface area contributed by atoms with Crippen molar-refractivity contribution in [2.75, 3.05) is 13.2 Å². The molecule has 0 aromatic carbocycles. The first-order chi connectivity index (χ1) is 38.5. The summed E-state index contributed by atoms with van der Waals surface area (Å²) in [5, 5.41) is 0. The highest BCUT2D eigenvalue weighted by atomic mass is 16.6. The highest BCUT2D eigenvalue weighted by Crippen LogP contribution is 2.17. The van der Waals surface area contributed by atoms with Crippen LogP contribution in [0.4, 0.5) is 0 Å². The van der Waals surface area contributed by atoms with Crippen LogP contribution >= 0.6 is 0 Å². The van der Waals surface area contributed by atoms with E-state index in [0.717, 1.165) is 109 Å². The standard InChI is InChI=1S/C72H126O6/c1-4-7-10-13-16-19-22-25-28-30-32-33-34-35-36-37-38-39-41-42-44-47-50-53-56-59-62-65-71(74)77-68-69(67-76-70(73)64-61-58-55-52-49-46-27-24-21-18-15-12-9-6-3)78-72(75)66-63-60-57-54-51-48-45-43-40-31-29-26-23-20-17-14-11-8-5-2/h7,10,16,19,24-25,27-28,32-33,35-36,38-39,69H,4-6,8-9,11-15,17-18,20-23,26,29-31,34,37,40-68H2,1-3H3/b10-7-,19-16-,27-24-,28-25-,33-32-,36-35-,39-38-. The van der Waals surface area contributed by atoms with Crippen molar-refractivity contribution in [3.05, 3.63) is 85.1 Å². The van der Waals surface area contributed by atoms with E-state index in [2.05, 4.69) is 106 Å². The molecule has 1 atom stereocenters. The molecule has 450 valence electrons. The quantitative estimate of drug-likeness (QED) is 0.0261. The number of unbranched alkanes of at least 4 members (excludes halogenated alkanes) is 36. The zero-order chi connectivity index (χ0) is 56.4. The summed E-state index contributed by atoms with van der Waals surface area (Å²) in [4.78, 5) is 38.4. The SMILES string of the molecule is CC/C=C\C/C=C\C/C=C\C/C=C\C/C=C\C/C=C\CCCCCCCCCCC(=O)OCC(COC(=O)CCCCCCC/C=C\CCCCCCC)OC(=O)CCCCCCCCCCCCCCCCCCCCC. The first kappa shape index (κ1) is 74.6. The lowest BCUT2D eigenvalue weighted by molar-refractivity contribution is -0.167. The van der Waals surface area contributed by atoms with E-state index in [9.17, 15) is 14.4 Å². The fourth-order valence-corrected chi connectivity index (χ4v) is 9.62. The van der Waals surface area contributed by atoms with Crippen molar-refractivity contribution in [2.45, 2.75) is 341 Å². The molecular formula is C72H126O6. The molecule has 0 rings (SSSR count). The Morgan fingerprint density at radius 2 is 0.500 bits per heavy atom. The second-order valence-corrected chi connectivity index (χ2v) is 22.4. The average Bonchev–Trinajstić information content (AvgIpc) is 3.44. The number of rotatable bonds is 61. The Hall–Kier alpha value is -3.41. The summed E-state index contributed by atoms with van der Waals surface area (Å²) in [5.41, 5.74) is 0. The molecule has 1 unspecified atom stereocenters. The Morgan fingerprint density at radius 3 is 0.795 bits per heavy atom. The molecule has 6 heteroatoms.